The molecule has 1 N–H and O–H groups in total. The highest BCUT2D eigenvalue weighted by Crippen LogP contribution is 2.31. The van der Waals surface area contributed by atoms with Gasteiger partial charge < -0.3 is 19.7 Å². The van der Waals surface area contributed by atoms with E-state index in [0.29, 0.717) is 41.6 Å². The topological polar surface area (TPSA) is 67.9 Å². The highest BCUT2D eigenvalue weighted by molar-refractivity contribution is 7.12. The van der Waals surface area contributed by atoms with Crippen LogP contribution in [0.3, 0.4) is 0 Å². The number of nitrogens with one attached hydrogen (secondary N) is 1. The van der Waals surface area contributed by atoms with E-state index >= 15 is 0 Å². The lowest BCUT2D eigenvalue weighted by Crippen LogP contribution is -2.42. The number of rotatable bonds is 6. The van der Waals surface area contributed by atoms with Crippen LogP contribution in [-0.4, -0.2) is 43.0 Å². The van der Waals surface area contributed by atoms with Crippen LogP contribution in [0.4, 0.5) is 5.69 Å². The van der Waals surface area contributed by atoms with Gasteiger partial charge in [-0.05, 0) is 43.3 Å². The van der Waals surface area contributed by atoms with Crippen molar-refractivity contribution in [3.05, 3.63) is 40.6 Å². The van der Waals surface area contributed by atoms with Crippen molar-refractivity contribution in [1.82, 2.24) is 4.90 Å². The second-order valence-electron chi connectivity index (χ2n) is 5.92. The summed E-state index contributed by atoms with van der Waals surface area (Å²) >= 11 is 1.39. The number of likely N-dealkylation sites (tertiary alicyclic amines) is 1. The van der Waals surface area contributed by atoms with E-state index in [0.717, 1.165) is 6.42 Å². The summed E-state index contributed by atoms with van der Waals surface area (Å²) in [4.78, 5) is 27.7. The zero-order chi connectivity index (χ0) is 18.5. The van der Waals surface area contributed by atoms with Crippen molar-refractivity contribution >= 4 is 28.8 Å². The minimum Gasteiger partial charge on any atom is -0.493 e. The molecule has 1 saturated heterocycles. The zero-order valence-corrected chi connectivity index (χ0v) is 15.7. The Hall–Kier alpha value is -2.54. The van der Waals surface area contributed by atoms with Crippen LogP contribution in [-0.2, 0) is 4.79 Å². The third kappa shape index (κ3) is 3.83. The molecule has 1 fully saturated rings. The van der Waals surface area contributed by atoms with Gasteiger partial charge in [0.2, 0.25) is 5.91 Å². The Bertz CT molecular complexity index is 776. The van der Waals surface area contributed by atoms with Crippen molar-refractivity contribution in [1.29, 1.82) is 0 Å². The van der Waals surface area contributed by atoms with Gasteiger partial charge in [-0.15, -0.1) is 11.3 Å². The first-order valence-corrected chi connectivity index (χ1v) is 9.48. The smallest absolute Gasteiger partial charge is 0.264 e. The Kier molecular flexibility index (Phi) is 5.78. The van der Waals surface area contributed by atoms with Gasteiger partial charge in [-0.2, -0.15) is 0 Å². The number of hydrogen-bond acceptors (Lipinski definition) is 5. The van der Waals surface area contributed by atoms with E-state index in [9.17, 15) is 9.59 Å². The minimum atomic E-state index is -0.456. The Morgan fingerprint density at radius 1 is 1.31 bits per heavy atom. The van der Waals surface area contributed by atoms with Crippen molar-refractivity contribution in [2.75, 3.05) is 25.6 Å². The third-order valence-corrected chi connectivity index (χ3v) is 5.14. The highest BCUT2D eigenvalue weighted by atomic mass is 32.1. The van der Waals surface area contributed by atoms with Gasteiger partial charge in [-0.1, -0.05) is 6.07 Å². The highest BCUT2D eigenvalue weighted by Gasteiger charge is 2.35. The largest absolute Gasteiger partial charge is 0.493 e. The van der Waals surface area contributed by atoms with Crippen LogP contribution in [0.2, 0.25) is 0 Å². The number of benzene rings is 1. The molecule has 1 aliphatic heterocycles. The van der Waals surface area contributed by atoms with Crippen LogP contribution in [0.1, 0.15) is 29.4 Å². The molecule has 1 aromatic heterocycles. The number of nitrogens with zero attached hydrogens (tertiary/aromatic N) is 1. The molecule has 0 unspecified atom stereocenters. The lowest BCUT2D eigenvalue weighted by Gasteiger charge is -2.23. The molecule has 3 rings (SSSR count). The quantitative estimate of drug-likeness (QED) is 0.841. The average Bonchev–Trinajstić information content (AvgIpc) is 3.34. The number of methoxy groups -OCH3 is 1. The first kappa shape index (κ1) is 18.3. The van der Waals surface area contributed by atoms with Crippen LogP contribution < -0.4 is 14.8 Å². The summed E-state index contributed by atoms with van der Waals surface area (Å²) < 4.78 is 10.8. The summed E-state index contributed by atoms with van der Waals surface area (Å²) in [5.74, 6) is 0.923. The first-order valence-electron chi connectivity index (χ1n) is 8.60. The van der Waals surface area contributed by atoms with Crippen molar-refractivity contribution < 1.29 is 19.1 Å². The molecule has 26 heavy (non-hydrogen) atoms. The van der Waals surface area contributed by atoms with Crippen molar-refractivity contribution in [2.45, 2.75) is 25.8 Å². The molecule has 1 aromatic carbocycles. The molecule has 7 heteroatoms. The van der Waals surface area contributed by atoms with Gasteiger partial charge in [-0.3, -0.25) is 9.59 Å². The van der Waals surface area contributed by atoms with Crippen LogP contribution in [0.5, 0.6) is 11.5 Å². The summed E-state index contributed by atoms with van der Waals surface area (Å²) in [5, 5.41) is 4.76. The number of anilines is 1. The molecule has 1 aliphatic rings. The van der Waals surface area contributed by atoms with Gasteiger partial charge >= 0.3 is 0 Å². The fraction of sp³-hybridized carbons (Fsp3) is 0.368. The molecule has 0 aliphatic carbocycles. The minimum absolute atomic E-state index is 0.0816. The van der Waals surface area contributed by atoms with Gasteiger partial charge in [0.25, 0.3) is 5.91 Å². The van der Waals surface area contributed by atoms with Crippen molar-refractivity contribution in [3.8, 4) is 11.5 Å². The maximum Gasteiger partial charge on any atom is 0.264 e. The number of carbonyl (C=O) groups excluding carboxylic acids is 2. The van der Waals surface area contributed by atoms with E-state index in [1.165, 1.54) is 11.3 Å². The van der Waals surface area contributed by atoms with E-state index in [4.69, 9.17) is 9.47 Å². The molecule has 0 spiro atoms. The molecule has 2 amide bonds. The first-order chi connectivity index (χ1) is 12.6. The molecule has 1 atom stereocenters. The maximum atomic E-state index is 12.7. The predicted octanol–water partition coefficient (Wildman–Crippen LogP) is 3.40. The van der Waals surface area contributed by atoms with E-state index in [1.807, 2.05) is 18.4 Å². The van der Waals surface area contributed by atoms with Gasteiger partial charge in [0.05, 0.1) is 18.6 Å². The van der Waals surface area contributed by atoms with E-state index in [-0.39, 0.29) is 11.8 Å². The molecule has 2 aromatic rings. The third-order valence-electron chi connectivity index (χ3n) is 4.28. The van der Waals surface area contributed by atoms with E-state index in [2.05, 4.69) is 5.32 Å². The van der Waals surface area contributed by atoms with Gasteiger partial charge in [-0.25, -0.2) is 0 Å². The van der Waals surface area contributed by atoms with Gasteiger partial charge in [0.1, 0.15) is 6.04 Å². The lowest BCUT2D eigenvalue weighted by molar-refractivity contribution is -0.119. The number of carbonyl (C=O) groups is 2. The van der Waals surface area contributed by atoms with Crippen LogP contribution in [0.25, 0.3) is 0 Å². The van der Waals surface area contributed by atoms with Gasteiger partial charge in [0.15, 0.2) is 11.5 Å². The lowest BCUT2D eigenvalue weighted by atomic mass is 10.2. The van der Waals surface area contributed by atoms with Crippen LogP contribution in [0.15, 0.2) is 35.7 Å². The number of hydrogen-bond donors (Lipinski definition) is 1. The fourth-order valence-corrected chi connectivity index (χ4v) is 3.75. The van der Waals surface area contributed by atoms with E-state index in [1.54, 1.807) is 36.3 Å². The number of ether oxygens (including phenoxy) is 2. The molecule has 0 radical (unpaired) electrons. The fourth-order valence-electron chi connectivity index (χ4n) is 3.07. The second-order valence-corrected chi connectivity index (χ2v) is 6.87. The molecular weight excluding hydrogens is 352 g/mol. The van der Waals surface area contributed by atoms with Crippen LogP contribution >= 0.6 is 11.3 Å². The molecule has 0 bridgehead atoms. The van der Waals surface area contributed by atoms with Gasteiger partial charge in [0, 0.05) is 18.3 Å². The molecular formula is C19H22N2O4S. The molecule has 2 heterocycles. The average molecular weight is 374 g/mol. The summed E-state index contributed by atoms with van der Waals surface area (Å²) in [6, 6.07) is 8.44. The van der Waals surface area contributed by atoms with Crippen LogP contribution in [0, 0.1) is 0 Å². The SMILES string of the molecule is CCOc1ccc(NC(=O)[C@H]2CCCN2C(=O)c2cccs2)cc1OC. The van der Waals surface area contributed by atoms with Crippen molar-refractivity contribution in [2.24, 2.45) is 0 Å². The monoisotopic (exact) mass is 374 g/mol. The van der Waals surface area contributed by atoms with E-state index < -0.39 is 6.04 Å². The Morgan fingerprint density at radius 2 is 2.15 bits per heavy atom. The Labute approximate surface area is 156 Å². The molecule has 6 nitrogen and oxygen atoms in total. The normalized spacial score (nSPS) is 16.4. The zero-order valence-electron chi connectivity index (χ0n) is 14.9. The molecule has 138 valence electrons. The number of amides is 2. The summed E-state index contributed by atoms with van der Waals surface area (Å²) in [5.41, 5.74) is 0.616. The summed E-state index contributed by atoms with van der Waals surface area (Å²) in [7, 11) is 1.56. The Morgan fingerprint density at radius 3 is 2.85 bits per heavy atom. The second kappa shape index (κ2) is 8.23. The number of thiophene rings is 1. The standard InChI is InChI=1S/C19H22N2O4S/c1-3-25-15-9-8-13(12-16(15)24-2)20-18(22)14-6-4-10-21(14)19(23)17-7-5-11-26-17/h5,7-9,11-12,14H,3-4,6,10H2,1-2H3,(H,20,22)/t14-/m1/s1. The molecule has 0 saturated carbocycles. The predicted molar refractivity (Wildman–Crippen MR) is 101 cm³/mol. The maximum absolute atomic E-state index is 12.7. The van der Waals surface area contributed by atoms with Crippen molar-refractivity contribution in [3.63, 3.8) is 0 Å². The summed E-state index contributed by atoms with van der Waals surface area (Å²) in [6.45, 7) is 3.03. The Balaban J connectivity index is 1.72. The summed E-state index contributed by atoms with van der Waals surface area (Å²) in [6.07, 6.45) is 1.49.